The van der Waals surface area contributed by atoms with Gasteiger partial charge in [0.05, 0.1) is 25.3 Å². The Balaban J connectivity index is 1.91. The van der Waals surface area contributed by atoms with Crippen LogP contribution in [0.4, 0.5) is 0 Å². The molecule has 0 spiro atoms. The van der Waals surface area contributed by atoms with Crippen molar-refractivity contribution in [3.63, 3.8) is 0 Å². The standard InChI is InChI=1S/C16H25N3O2/c1-2-14(18-16(20)10-17)15-12-19(8-9-21-15)11-13-6-4-3-5-7-13/h3-7,14-15H,2,8-12,17H2,1H3,(H,18,20). The first-order valence-corrected chi connectivity index (χ1v) is 7.60. The highest BCUT2D eigenvalue weighted by atomic mass is 16.5. The molecule has 1 fully saturated rings. The Hall–Kier alpha value is -1.43. The maximum atomic E-state index is 11.5. The Labute approximate surface area is 126 Å². The fourth-order valence-corrected chi connectivity index (χ4v) is 2.68. The second kappa shape index (κ2) is 8.12. The minimum atomic E-state index is -0.120. The van der Waals surface area contributed by atoms with E-state index in [0.29, 0.717) is 6.61 Å². The number of nitrogens with one attached hydrogen (secondary N) is 1. The average molecular weight is 291 g/mol. The predicted molar refractivity (Wildman–Crippen MR) is 82.7 cm³/mol. The highest BCUT2D eigenvalue weighted by Gasteiger charge is 2.27. The predicted octanol–water partition coefficient (Wildman–Crippen LogP) is 0.741. The second-order valence-corrected chi connectivity index (χ2v) is 5.42. The van der Waals surface area contributed by atoms with E-state index in [0.717, 1.165) is 26.1 Å². The second-order valence-electron chi connectivity index (χ2n) is 5.42. The molecule has 1 aliphatic rings. The van der Waals surface area contributed by atoms with Gasteiger partial charge in [-0.1, -0.05) is 37.3 Å². The van der Waals surface area contributed by atoms with Crippen molar-refractivity contribution in [2.24, 2.45) is 5.73 Å². The van der Waals surface area contributed by atoms with Crippen molar-refractivity contribution < 1.29 is 9.53 Å². The minimum absolute atomic E-state index is 0.0248. The van der Waals surface area contributed by atoms with Crippen LogP contribution in [0, 0.1) is 0 Å². The van der Waals surface area contributed by atoms with E-state index in [4.69, 9.17) is 10.5 Å². The van der Waals surface area contributed by atoms with Crippen molar-refractivity contribution in [3.05, 3.63) is 35.9 Å². The number of benzene rings is 1. The summed E-state index contributed by atoms with van der Waals surface area (Å²) >= 11 is 0. The molecule has 0 aromatic heterocycles. The summed E-state index contributed by atoms with van der Waals surface area (Å²) in [7, 11) is 0. The molecule has 0 radical (unpaired) electrons. The Morgan fingerprint density at radius 3 is 2.90 bits per heavy atom. The molecule has 0 saturated carbocycles. The first-order valence-electron chi connectivity index (χ1n) is 7.60. The Kier molecular flexibility index (Phi) is 6.17. The van der Waals surface area contributed by atoms with Crippen molar-refractivity contribution in [1.29, 1.82) is 0 Å². The molecular weight excluding hydrogens is 266 g/mol. The number of nitrogens with two attached hydrogens (primary N) is 1. The molecule has 5 heteroatoms. The number of hydrogen-bond acceptors (Lipinski definition) is 4. The van der Waals surface area contributed by atoms with Gasteiger partial charge in [0.2, 0.25) is 5.91 Å². The first kappa shape index (κ1) is 15.9. The molecule has 1 aromatic carbocycles. The number of carbonyl (C=O) groups excluding carboxylic acids is 1. The van der Waals surface area contributed by atoms with Gasteiger partial charge in [-0.2, -0.15) is 0 Å². The lowest BCUT2D eigenvalue weighted by molar-refractivity contribution is -0.123. The van der Waals surface area contributed by atoms with E-state index in [1.807, 2.05) is 6.07 Å². The molecule has 1 aliphatic heterocycles. The Morgan fingerprint density at radius 1 is 1.48 bits per heavy atom. The summed E-state index contributed by atoms with van der Waals surface area (Å²) in [5, 5.41) is 2.95. The van der Waals surface area contributed by atoms with E-state index < -0.39 is 0 Å². The van der Waals surface area contributed by atoms with Crippen LogP contribution in [0.15, 0.2) is 30.3 Å². The van der Waals surface area contributed by atoms with E-state index in [2.05, 4.69) is 41.4 Å². The molecule has 0 bridgehead atoms. The molecule has 1 aromatic rings. The van der Waals surface area contributed by atoms with Crippen molar-refractivity contribution >= 4 is 5.91 Å². The zero-order valence-electron chi connectivity index (χ0n) is 12.6. The number of nitrogens with zero attached hydrogens (tertiary/aromatic N) is 1. The SMILES string of the molecule is CCC(NC(=O)CN)C1CN(Cc2ccccc2)CCO1. The van der Waals surface area contributed by atoms with E-state index in [1.165, 1.54) is 5.56 Å². The van der Waals surface area contributed by atoms with Crippen LogP contribution in [0.2, 0.25) is 0 Å². The lowest BCUT2D eigenvalue weighted by atomic mass is 10.1. The monoisotopic (exact) mass is 291 g/mol. The normalized spacial score (nSPS) is 21.0. The maximum Gasteiger partial charge on any atom is 0.234 e. The van der Waals surface area contributed by atoms with Gasteiger partial charge in [0.1, 0.15) is 0 Å². The zero-order chi connectivity index (χ0) is 15.1. The quantitative estimate of drug-likeness (QED) is 0.811. The molecule has 2 atom stereocenters. The number of morpholine rings is 1. The Bertz CT molecular complexity index is 438. The van der Waals surface area contributed by atoms with Crippen LogP contribution in [0.3, 0.4) is 0 Å². The van der Waals surface area contributed by atoms with Crippen molar-refractivity contribution in [2.45, 2.75) is 32.0 Å². The summed E-state index contributed by atoms with van der Waals surface area (Å²) in [4.78, 5) is 13.9. The fraction of sp³-hybridized carbons (Fsp3) is 0.562. The molecule has 2 rings (SSSR count). The van der Waals surface area contributed by atoms with Crippen LogP contribution in [0.5, 0.6) is 0 Å². The van der Waals surface area contributed by atoms with Gasteiger partial charge in [0.15, 0.2) is 0 Å². The molecule has 1 amide bonds. The molecule has 2 unspecified atom stereocenters. The van der Waals surface area contributed by atoms with Crippen LogP contribution in [-0.2, 0) is 16.1 Å². The molecule has 3 N–H and O–H groups in total. The van der Waals surface area contributed by atoms with Crippen LogP contribution in [-0.4, -0.2) is 49.2 Å². The summed E-state index contributed by atoms with van der Waals surface area (Å²) < 4.78 is 5.85. The molecule has 0 aliphatic carbocycles. The molecule has 1 saturated heterocycles. The maximum absolute atomic E-state index is 11.5. The van der Waals surface area contributed by atoms with Crippen LogP contribution in [0.1, 0.15) is 18.9 Å². The van der Waals surface area contributed by atoms with Gasteiger partial charge >= 0.3 is 0 Å². The first-order chi connectivity index (χ1) is 10.2. The van der Waals surface area contributed by atoms with Gasteiger partial charge in [-0.3, -0.25) is 9.69 Å². The number of ether oxygens (including phenoxy) is 1. The fourth-order valence-electron chi connectivity index (χ4n) is 2.68. The summed E-state index contributed by atoms with van der Waals surface area (Å²) in [5.41, 5.74) is 6.67. The van der Waals surface area contributed by atoms with Gasteiger partial charge in [-0.05, 0) is 12.0 Å². The molecule has 1 heterocycles. The van der Waals surface area contributed by atoms with E-state index in [1.54, 1.807) is 0 Å². The highest BCUT2D eigenvalue weighted by Crippen LogP contribution is 2.14. The number of hydrogen-bond donors (Lipinski definition) is 2. The van der Waals surface area contributed by atoms with E-state index in [-0.39, 0.29) is 24.6 Å². The van der Waals surface area contributed by atoms with Crippen molar-refractivity contribution in [3.8, 4) is 0 Å². The molecule has 5 nitrogen and oxygen atoms in total. The summed E-state index contributed by atoms with van der Waals surface area (Å²) in [5.74, 6) is -0.120. The molecule has 21 heavy (non-hydrogen) atoms. The minimum Gasteiger partial charge on any atom is -0.373 e. The zero-order valence-corrected chi connectivity index (χ0v) is 12.6. The largest absolute Gasteiger partial charge is 0.373 e. The van der Waals surface area contributed by atoms with Gasteiger partial charge in [0, 0.05) is 19.6 Å². The smallest absolute Gasteiger partial charge is 0.234 e. The van der Waals surface area contributed by atoms with Crippen molar-refractivity contribution in [1.82, 2.24) is 10.2 Å². The van der Waals surface area contributed by atoms with Gasteiger partial charge in [0.25, 0.3) is 0 Å². The summed E-state index contributed by atoms with van der Waals surface area (Å²) in [6, 6.07) is 10.4. The Morgan fingerprint density at radius 2 is 2.24 bits per heavy atom. The summed E-state index contributed by atoms with van der Waals surface area (Å²) in [6.07, 6.45) is 0.873. The van der Waals surface area contributed by atoms with Crippen LogP contribution < -0.4 is 11.1 Å². The number of amides is 1. The lowest BCUT2D eigenvalue weighted by Gasteiger charge is -2.37. The molecular formula is C16H25N3O2. The van der Waals surface area contributed by atoms with E-state index in [9.17, 15) is 4.79 Å². The number of carbonyl (C=O) groups is 1. The number of rotatable bonds is 6. The molecule has 116 valence electrons. The van der Waals surface area contributed by atoms with E-state index >= 15 is 0 Å². The van der Waals surface area contributed by atoms with Crippen LogP contribution in [0.25, 0.3) is 0 Å². The third-order valence-electron chi connectivity index (χ3n) is 3.85. The van der Waals surface area contributed by atoms with Gasteiger partial charge in [-0.25, -0.2) is 0 Å². The average Bonchev–Trinajstić information content (AvgIpc) is 2.53. The highest BCUT2D eigenvalue weighted by molar-refractivity contribution is 5.78. The summed E-state index contributed by atoms with van der Waals surface area (Å²) in [6.45, 7) is 5.46. The van der Waals surface area contributed by atoms with Gasteiger partial charge in [-0.15, -0.1) is 0 Å². The van der Waals surface area contributed by atoms with Gasteiger partial charge < -0.3 is 15.8 Å². The van der Waals surface area contributed by atoms with Crippen molar-refractivity contribution in [2.75, 3.05) is 26.2 Å². The topological polar surface area (TPSA) is 67.6 Å². The lowest BCUT2D eigenvalue weighted by Crippen LogP contribution is -2.53. The van der Waals surface area contributed by atoms with Crippen LogP contribution >= 0.6 is 0 Å². The third kappa shape index (κ3) is 4.81. The third-order valence-corrected chi connectivity index (χ3v) is 3.85.